The van der Waals surface area contributed by atoms with Gasteiger partial charge in [-0.25, -0.2) is 4.98 Å². The molecule has 3 aromatic rings. The van der Waals surface area contributed by atoms with Gasteiger partial charge in [0.15, 0.2) is 11.5 Å². The Balaban J connectivity index is 1.09. The minimum atomic E-state index is 0.111. The van der Waals surface area contributed by atoms with Crippen molar-refractivity contribution < 1.29 is 19.0 Å². The van der Waals surface area contributed by atoms with Gasteiger partial charge in [-0.15, -0.1) is 0 Å². The highest BCUT2D eigenvalue weighted by molar-refractivity contribution is 7.09. The predicted octanol–water partition coefficient (Wildman–Crippen LogP) is 2.65. The van der Waals surface area contributed by atoms with Gasteiger partial charge in [0.1, 0.15) is 11.6 Å². The van der Waals surface area contributed by atoms with Gasteiger partial charge in [0, 0.05) is 57.7 Å². The monoisotopic (exact) mass is 495 g/mol. The lowest BCUT2D eigenvalue weighted by Gasteiger charge is -2.35. The zero-order valence-corrected chi connectivity index (χ0v) is 20.8. The molecule has 0 spiro atoms. The van der Waals surface area contributed by atoms with Crippen molar-refractivity contribution in [3.8, 4) is 17.2 Å². The number of hydrogen-bond donors (Lipinski definition) is 0. The number of anilines is 1. The highest BCUT2D eigenvalue weighted by Crippen LogP contribution is 2.32. The molecule has 5 rings (SSSR count). The van der Waals surface area contributed by atoms with Crippen LogP contribution in [-0.4, -0.2) is 78.7 Å². The fourth-order valence-electron chi connectivity index (χ4n) is 4.26. The number of carbonyl (C=O) groups is 1. The number of carbonyl (C=O) groups excluding carboxylic acids is 1. The molecule has 10 heteroatoms. The van der Waals surface area contributed by atoms with Crippen molar-refractivity contribution in [1.29, 1.82) is 0 Å². The molecule has 184 valence electrons. The largest absolute Gasteiger partial charge is 0.497 e. The van der Waals surface area contributed by atoms with Crippen LogP contribution < -0.4 is 19.1 Å². The Bertz CT molecular complexity index is 1180. The summed E-state index contributed by atoms with van der Waals surface area (Å²) in [6.07, 6.45) is 0.626. The number of rotatable bonds is 8. The number of amides is 1. The van der Waals surface area contributed by atoms with Gasteiger partial charge in [-0.2, -0.15) is 4.37 Å². The second-order valence-corrected chi connectivity index (χ2v) is 9.45. The zero-order valence-electron chi connectivity index (χ0n) is 20.0. The van der Waals surface area contributed by atoms with Crippen molar-refractivity contribution in [2.75, 3.05) is 58.6 Å². The summed E-state index contributed by atoms with van der Waals surface area (Å²) in [6, 6.07) is 14.0. The van der Waals surface area contributed by atoms with Crippen LogP contribution in [0.1, 0.15) is 17.0 Å². The standard InChI is InChI=1S/C25H29N5O4S/c1-28(25-26-23(27-35-25)14-18-4-3-5-20(12-18)32-2)16-24(31)30-10-8-29(9-11-30)15-19-6-7-21-22(13-19)34-17-33-21/h3-7,12-13H,8-11,14-17H2,1-2H3. The molecule has 0 atom stereocenters. The number of methoxy groups -OCH3 is 1. The molecule has 0 bridgehead atoms. The van der Waals surface area contributed by atoms with Gasteiger partial charge in [0.25, 0.3) is 0 Å². The maximum absolute atomic E-state index is 12.9. The molecular formula is C25H29N5O4S. The number of benzene rings is 2. The first-order valence-corrected chi connectivity index (χ1v) is 12.4. The van der Waals surface area contributed by atoms with Gasteiger partial charge < -0.3 is 24.0 Å². The minimum absolute atomic E-state index is 0.111. The van der Waals surface area contributed by atoms with Gasteiger partial charge in [0.05, 0.1) is 13.7 Å². The lowest BCUT2D eigenvalue weighted by molar-refractivity contribution is -0.131. The first-order chi connectivity index (χ1) is 17.1. The van der Waals surface area contributed by atoms with Crippen molar-refractivity contribution in [3.63, 3.8) is 0 Å². The van der Waals surface area contributed by atoms with Crippen LogP contribution in [0, 0.1) is 0 Å². The molecule has 0 unspecified atom stereocenters. The molecule has 3 heterocycles. The van der Waals surface area contributed by atoms with E-state index in [9.17, 15) is 4.79 Å². The predicted molar refractivity (Wildman–Crippen MR) is 133 cm³/mol. The summed E-state index contributed by atoms with van der Waals surface area (Å²) in [5.74, 6) is 3.28. The van der Waals surface area contributed by atoms with Crippen LogP contribution in [0.15, 0.2) is 42.5 Å². The van der Waals surface area contributed by atoms with Gasteiger partial charge in [-0.05, 0) is 35.4 Å². The summed E-state index contributed by atoms with van der Waals surface area (Å²) in [6.45, 7) is 4.52. The van der Waals surface area contributed by atoms with E-state index in [0.717, 1.165) is 53.4 Å². The maximum atomic E-state index is 12.9. The van der Waals surface area contributed by atoms with E-state index in [-0.39, 0.29) is 19.2 Å². The van der Waals surface area contributed by atoms with E-state index in [0.29, 0.717) is 19.5 Å². The Morgan fingerprint density at radius 3 is 2.74 bits per heavy atom. The van der Waals surface area contributed by atoms with E-state index in [1.807, 2.05) is 53.2 Å². The first kappa shape index (κ1) is 23.4. The van der Waals surface area contributed by atoms with Crippen LogP contribution in [0.3, 0.4) is 0 Å². The Morgan fingerprint density at radius 1 is 1.09 bits per heavy atom. The topological polar surface area (TPSA) is 80.3 Å². The number of aromatic nitrogens is 2. The van der Waals surface area contributed by atoms with E-state index in [2.05, 4.69) is 20.3 Å². The summed E-state index contributed by atoms with van der Waals surface area (Å²) in [7, 11) is 3.55. The van der Waals surface area contributed by atoms with Crippen molar-refractivity contribution in [1.82, 2.24) is 19.2 Å². The van der Waals surface area contributed by atoms with Crippen molar-refractivity contribution in [3.05, 3.63) is 59.4 Å². The fourth-order valence-corrected chi connectivity index (χ4v) is 4.90. The number of piperazine rings is 1. The molecule has 1 aromatic heterocycles. The SMILES string of the molecule is COc1cccc(Cc2nsc(N(C)CC(=O)N3CCN(Cc4ccc5c(c4)OCO5)CC3)n2)c1. The van der Waals surface area contributed by atoms with Gasteiger partial charge >= 0.3 is 0 Å². The molecular weight excluding hydrogens is 466 g/mol. The second kappa shape index (κ2) is 10.5. The van der Waals surface area contributed by atoms with Crippen LogP contribution >= 0.6 is 11.5 Å². The van der Waals surface area contributed by atoms with Gasteiger partial charge in [-0.1, -0.05) is 18.2 Å². The zero-order chi connectivity index (χ0) is 24.2. The number of nitrogens with zero attached hydrogens (tertiary/aromatic N) is 5. The highest BCUT2D eigenvalue weighted by Gasteiger charge is 2.23. The Morgan fingerprint density at radius 2 is 1.91 bits per heavy atom. The number of fused-ring (bicyclic) bond motifs is 1. The molecule has 1 amide bonds. The molecule has 1 saturated heterocycles. The number of hydrogen-bond acceptors (Lipinski definition) is 9. The maximum Gasteiger partial charge on any atom is 0.242 e. The van der Waals surface area contributed by atoms with Crippen LogP contribution in [0.25, 0.3) is 0 Å². The molecule has 2 aliphatic rings. The molecule has 9 nitrogen and oxygen atoms in total. The van der Waals surface area contributed by atoms with E-state index < -0.39 is 0 Å². The number of ether oxygens (including phenoxy) is 3. The molecule has 1 fully saturated rings. The Hall–Kier alpha value is -3.37. The molecule has 0 radical (unpaired) electrons. The number of likely N-dealkylation sites (N-methyl/N-ethyl adjacent to an activating group) is 1. The van der Waals surface area contributed by atoms with E-state index in [1.165, 1.54) is 17.1 Å². The normalized spacial score (nSPS) is 15.3. The molecule has 2 aromatic carbocycles. The van der Waals surface area contributed by atoms with E-state index in [1.54, 1.807) is 7.11 Å². The molecule has 35 heavy (non-hydrogen) atoms. The van der Waals surface area contributed by atoms with Crippen molar-refractivity contribution in [2.24, 2.45) is 0 Å². The van der Waals surface area contributed by atoms with Crippen molar-refractivity contribution in [2.45, 2.75) is 13.0 Å². The van der Waals surface area contributed by atoms with Crippen LogP contribution in [0.2, 0.25) is 0 Å². The summed E-state index contributed by atoms with van der Waals surface area (Å²) < 4.78 is 20.6. The second-order valence-electron chi connectivity index (χ2n) is 8.72. The third kappa shape index (κ3) is 5.66. The first-order valence-electron chi connectivity index (χ1n) is 11.6. The molecule has 0 aliphatic carbocycles. The summed E-state index contributed by atoms with van der Waals surface area (Å²) >= 11 is 1.32. The fraction of sp³-hybridized carbons (Fsp3) is 0.400. The van der Waals surface area contributed by atoms with Gasteiger partial charge in [0.2, 0.25) is 17.8 Å². The lowest BCUT2D eigenvalue weighted by Crippen LogP contribution is -2.50. The summed E-state index contributed by atoms with van der Waals surface area (Å²) in [4.78, 5) is 23.7. The molecule has 2 aliphatic heterocycles. The van der Waals surface area contributed by atoms with Crippen molar-refractivity contribution >= 4 is 22.6 Å². The smallest absolute Gasteiger partial charge is 0.242 e. The van der Waals surface area contributed by atoms with E-state index >= 15 is 0 Å². The average molecular weight is 496 g/mol. The third-order valence-electron chi connectivity index (χ3n) is 6.22. The lowest BCUT2D eigenvalue weighted by atomic mass is 10.1. The van der Waals surface area contributed by atoms with E-state index in [4.69, 9.17) is 14.2 Å². The average Bonchev–Trinajstić information content (AvgIpc) is 3.54. The third-order valence-corrected chi connectivity index (χ3v) is 7.09. The van der Waals surface area contributed by atoms with Crippen LogP contribution in [0.5, 0.6) is 17.2 Å². The molecule has 0 saturated carbocycles. The highest BCUT2D eigenvalue weighted by atomic mass is 32.1. The van der Waals surface area contributed by atoms with Crippen LogP contribution in [0.4, 0.5) is 5.13 Å². The quantitative estimate of drug-likeness (QED) is 0.472. The summed E-state index contributed by atoms with van der Waals surface area (Å²) in [5, 5.41) is 0.748. The Labute approximate surface area is 209 Å². The van der Waals surface area contributed by atoms with Gasteiger partial charge in [-0.3, -0.25) is 9.69 Å². The molecule has 0 N–H and O–H groups in total. The van der Waals surface area contributed by atoms with Crippen LogP contribution in [-0.2, 0) is 17.8 Å². The Kier molecular flexibility index (Phi) is 7.01. The summed E-state index contributed by atoms with van der Waals surface area (Å²) in [5.41, 5.74) is 2.28. The minimum Gasteiger partial charge on any atom is -0.497 e.